The Hall–Kier alpha value is -2.09. The highest BCUT2D eigenvalue weighted by Gasteiger charge is 2.13. The van der Waals surface area contributed by atoms with E-state index in [0.29, 0.717) is 13.1 Å². The third kappa shape index (κ3) is 3.52. The quantitative estimate of drug-likeness (QED) is 0.749. The average molecular weight is 282 g/mol. The van der Waals surface area contributed by atoms with Gasteiger partial charge in [0.15, 0.2) is 0 Å². The normalized spacial score (nSPS) is 12.3. The highest BCUT2D eigenvalue weighted by Crippen LogP contribution is 2.30. The molecule has 0 heterocycles. The maximum absolute atomic E-state index is 10.4. The highest BCUT2D eigenvalue weighted by molar-refractivity contribution is 5.90. The second-order valence-electron chi connectivity index (χ2n) is 5.20. The molecule has 2 heteroatoms. The molecule has 0 spiro atoms. The van der Waals surface area contributed by atoms with Crippen molar-refractivity contribution in [3.05, 3.63) is 53.1 Å². The van der Waals surface area contributed by atoms with Crippen LogP contribution in [0.4, 0.5) is 0 Å². The summed E-state index contributed by atoms with van der Waals surface area (Å²) in [6.07, 6.45) is 7.72. The number of hydrogen-bond acceptors (Lipinski definition) is 2. The van der Waals surface area contributed by atoms with Crippen molar-refractivity contribution < 1.29 is 9.53 Å². The predicted molar refractivity (Wildman–Crippen MR) is 88.1 cm³/mol. The van der Waals surface area contributed by atoms with Crippen molar-refractivity contribution in [2.24, 2.45) is 0 Å². The molecule has 0 N–H and O–H groups in total. The van der Waals surface area contributed by atoms with Crippen LogP contribution in [0.25, 0.3) is 16.8 Å². The number of allylic oxidation sites excluding steroid dienone is 1. The summed E-state index contributed by atoms with van der Waals surface area (Å²) in [4.78, 5) is 10.4. The summed E-state index contributed by atoms with van der Waals surface area (Å²) in [5.74, 6) is 0. The van der Waals surface area contributed by atoms with E-state index in [1.54, 1.807) is 0 Å². The third-order valence-electron chi connectivity index (χ3n) is 3.45. The number of benzene rings is 2. The van der Waals surface area contributed by atoms with Gasteiger partial charge in [0.1, 0.15) is 6.61 Å². The van der Waals surface area contributed by atoms with Crippen molar-refractivity contribution in [3.63, 3.8) is 0 Å². The van der Waals surface area contributed by atoms with Crippen LogP contribution in [0.1, 0.15) is 43.4 Å². The van der Waals surface area contributed by atoms with Crippen molar-refractivity contribution in [1.82, 2.24) is 0 Å². The van der Waals surface area contributed by atoms with Crippen LogP contribution in [0.5, 0.6) is 0 Å². The molecule has 21 heavy (non-hydrogen) atoms. The summed E-state index contributed by atoms with van der Waals surface area (Å²) in [5, 5.41) is 2.39. The van der Waals surface area contributed by atoms with Gasteiger partial charge in [-0.25, -0.2) is 0 Å². The molecule has 0 radical (unpaired) electrons. The molecule has 0 bridgehead atoms. The number of carbonyl (C=O) groups excluding carboxylic acids is 1. The molecule has 1 aliphatic rings. The third-order valence-corrected chi connectivity index (χ3v) is 3.45. The Balaban J connectivity index is 0.000000497. The van der Waals surface area contributed by atoms with E-state index in [1.807, 2.05) is 12.1 Å². The molecular weight excluding hydrogens is 260 g/mol. The lowest BCUT2D eigenvalue weighted by Gasteiger charge is -2.17. The second kappa shape index (κ2) is 7.63. The number of ether oxygens (including phenoxy) is 1. The van der Waals surface area contributed by atoms with Crippen LogP contribution in [-0.2, 0) is 22.6 Å². The largest absolute Gasteiger partial charge is 0.463 e. The fraction of sp³-hybridized carbons (Fsp3) is 0.316. The Kier molecular flexibility index (Phi) is 5.56. The molecule has 110 valence electrons. The van der Waals surface area contributed by atoms with Gasteiger partial charge in [-0.05, 0) is 34.7 Å². The summed E-state index contributed by atoms with van der Waals surface area (Å²) >= 11 is 0. The monoisotopic (exact) mass is 282 g/mol. The average Bonchev–Trinajstić information content (AvgIpc) is 2.52. The Bertz CT molecular complexity index is 641. The summed E-state index contributed by atoms with van der Waals surface area (Å²) in [7, 11) is 0. The molecule has 1 aliphatic carbocycles. The van der Waals surface area contributed by atoms with Gasteiger partial charge < -0.3 is 4.74 Å². The zero-order valence-corrected chi connectivity index (χ0v) is 12.8. The topological polar surface area (TPSA) is 26.3 Å². The molecule has 0 amide bonds. The highest BCUT2D eigenvalue weighted by atomic mass is 16.5. The van der Waals surface area contributed by atoms with E-state index >= 15 is 0 Å². The minimum absolute atomic E-state index is 0.345. The van der Waals surface area contributed by atoms with Gasteiger partial charge >= 0.3 is 0 Å². The zero-order valence-electron chi connectivity index (χ0n) is 12.8. The molecule has 0 aliphatic heterocycles. The molecule has 0 saturated heterocycles. The number of aryl methyl sites for hydroxylation is 1. The van der Waals surface area contributed by atoms with E-state index in [1.165, 1.54) is 28.3 Å². The van der Waals surface area contributed by atoms with Crippen LogP contribution < -0.4 is 0 Å². The molecule has 2 nitrogen and oxygen atoms in total. The molecule has 0 aromatic heterocycles. The van der Waals surface area contributed by atoms with Crippen molar-refractivity contribution in [2.45, 2.75) is 39.7 Å². The van der Waals surface area contributed by atoms with E-state index in [4.69, 9.17) is 4.74 Å². The summed E-state index contributed by atoms with van der Waals surface area (Å²) in [5.41, 5.74) is 3.69. The van der Waals surface area contributed by atoms with Crippen molar-refractivity contribution in [1.29, 1.82) is 0 Å². The molecule has 0 saturated carbocycles. The molecular formula is C19H22O2. The van der Waals surface area contributed by atoms with Crippen molar-refractivity contribution in [3.8, 4) is 0 Å². The van der Waals surface area contributed by atoms with Gasteiger partial charge in [0.05, 0.1) is 0 Å². The van der Waals surface area contributed by atoms with Crippen molar-refractivity contribution in [2.75, 3.05) is 0 Å². The lowest BCUT2D eigenvalue weighted by atomic mass is 9.89. The lowest BCUT2D eigenvalue weighted by Crippen LogP contribution is -2.02. The van der Waals surface area contributed by atoms with Gasteiger partial charge in [-0.1, -0.05) is 62.8 Å². The van der Waals surface area contributed by atoms with Gasteiger partial charge in [0.25, 0.3) is 6.47 Å². The molecule has 2 aromatic carbocycles. The Labute approximate surface area is 126 Å². The number of hydrogen-bond donors (Lipinski definition) is 0. The molecule has 3 rings (SSSR count). The first-order valence-electron chi connectivity index (χ1n) is 7.57. The van der Waals surface area contributed by atoms with Crippen LogP contribution >= 0.6 is 0 Å². The summed E-state index contributed by atoms with van der Waals surface area (Å²) in [6.45, 7) is 5.11. The zero-order chi connectivity index (χ0) is 15.1. The summed E-state index contributed by atoms with van der Waals surface area (Å²) < 4.78 is 4.98. The second-order valence-corrected chi connectivity index (χ2v) is 5.20. The van der Waals surface area contributed by atoms with E-state index in [9.17, 15) is 4.79 Å². The maximum Gasteiger partial charge on any atom is 0.293 e. The number of fused-ring (bicyclic) bond motifs is 2. The van der Waals surface area contributed by atoms with E-state index in [0.717, 1.165) is 18.4 Å². The van der Waals surface area contributed by atoms with Crippen LogP contribution in [0, 0.1) is 0 Å². The molecule has 0 atom stereocenters. The van der Waals surface area contributed by atoms with E-state index in [2.05, 4.69) is 44.2 Å². The first kappa shape index (κ1) is 15.3. The first-order chi connectivity index (χ1) is 10.3. The van der Waals surface area contributed by atoms with Crippen LogP contribution in [0.15, 0.2) is 36.4 Å². The van der Waals surface area contributed by atoms with Gasteiger partial charge in [-0.2, -0.15) is 0 Å². The minimum atomic E-state index is 0.345. The fourth-order valence-electron chi connectivity index (χ4n) is 2.63. The lowest BCUT2D eigenvalue weighted by molar-refractivity contribution is -0.129. The van der Waals surface area contributed by atoms with Crippen molar-refractivity contribution >= 4 is 23.3 Å². The van der Waals surface area contributed by atoms with E-state index < -0.39 is 0 Å². The van der Waals surface area contributed by atoms with Gasteiger partial charge in [-0.3, -0.25) is 4.79 Å². The van der Waals surface area contributed by atoms with Gasteiger partial charge in [0.2, 0.25) is 0 Å². The van der Waals surface area contributed by atoms with Crippen LogP contribution in [-0.4, -0.2) is 6.47 Å². The maximum atomic E-state index is 10.4. The SMILES string of the molecule is CCC.O=COCc1c2c(cc3ccccc13)CCC=C2. The standard InChI is InChI=1S/C16H14O2.C3H8/c17-11-18-10-16-14-7-3-1-5-12(14)9-13-6-2-4-8-15(13)16;1-3-2/h1,3-5,7-9,11H,2,6,10H2;3H2,1-2H3. The first-order valence-corrected chi connectivity index (χ1v) is 7.57. The molecule has 0 unspecified atom stereocenters. The van der Waals surface area contributed by atoms with Crippen LogP contribution in [0.3, 0.4) is 0 Å². The predicted octanol–water partition coefficient (Wildman–Crippen LogP) is 4.89. The van der Waals surface area contributed by atoms with Gasteiger partial charge in [0, 0.05) is 5.56 Å². The van der Waals surface area contributed by atoms with E-state index in [-0.39, 0.29) is 0 Å². The minimum Gasteiger partial charge on any atom is -0.463 e. The van der Waals surface area contributed by atoms with Crippen LogP contribution in [0.2, 0.25) is 0 Å². The smallest absolute Gasteiger partial charge is 0.293 e. The fourth-order valence-corrected chi connectivity index (χ4v) is 2.63. The molecule has 2 aromatic rings. The number of rotatable bonds is 3. The Morgan fingerprint density at radius 1 is 1.24 bits per heavy atom. The Morgan fingerprint density at radius 3 is 2.76 bits per heavy atom. The Morgan fingerprint density at radius 2 is 2.00 bits per heavy atom. The number of carbonyl (C=O) groups is 1. The molecule has 0 fully saturated rings. The van der Waals surface area contributed by atoms with Gasteiger partial charge in [-0.15, -0.1) is 0 Å². The summed E-state index contributed by atoms with van der Waals surface area (Å²) in [6, 6.07) is 10.5.